The summed E-state index contributed by atoms with van der Waals surface area (Å²) in [6, 6.07) is 12.1. The summed E-state index contributed by atoms with van der Waals surface area (Å²) in [6.45, 7) is 0.778. The first-order valence-electron chi connectivity index (χ1n) is 5.94. The topological polar surface area (TPSA) is 46.2 Å². The summed E-state index contributed by atoms with van der Waals surface area (Å²) in [5, 5.41) is 6.85. The van der Waals surface area contributed by atoms with Gasteiger partial charge in [0.05, 0.1) is 18.5 Å². The van der Waals surface area contributed by atoms with Crippen LogP contribution in [0.3, 0.4) is 0 Å². The van der Waals surface area contributed by atoms with Crippen LogP contribution in [-0.2, 0) is 6.54 Å². The van der Waals surface area contributed by atoms with Gasteiger partial charge in [0, 0.05) is 12.7 Å². The van der Waals surface area contributed by atoms with E-state index in [0.717, 1.165) is 23.7 Å². The van der Waals surface area contributed by atoms with Crippen molar-refractivity contribution in [2.24, 2.45) is 0 Å². The Bertz CT molecular complexity index is 539. The van der Waals surface area contributed by atoms with Crippen LogP contribution < -0.4 is 15.4 Å². The Balaban J connectivity index is 1.82. The number of aromatic nitrogens is 1. The highest BCUT2D eigenvalue weighted by molar-refractivity contribution is 5.51. The summed E-state index contributed by atoms with van der Waals surface area (Å²) in [6.07, 6.45) is 1.93. The molecule has 0 saturated heterocycles. The second kappa shape index (κ2) is 4.66. The van der Waals surface area contributed by atoms with Gasteiger partial charge in [-0.15, -0.1) is 0 Å². The third-order valence-electron chi connectivity index (χ3n) is 3.11. The first-order valence-corrected chi connectivity index (χ1v) is 5.94. The largest absolute Gasteiger partial charge is 0.497 e. The van der Waals surface area contributed by atoms with Gasteiger partial charge in [0.15, 0.2) is 0 Å². The lowest BCUT2D eigenvalue weighted by Gasteiger charge is -2.27. The summed E-state index contributed by atoms with van der Waals surface area (Å²) in [5.74, 6) is 0.872. The number of nitrogens with one attached hydrogen (secondary N) is 2. The number of methoxy groups -OCH3 is 1. The fraction of sp³-hybridized carbons (Fsp3) is 0.214. The van der Waals surface area contributed by atoms with Gasteiger partial charge in [-0.1, -0.05) is 12.1 Å². The van der Waals surface area contributed by atoms with Crippen molar-refractivity contribution in [2.45, 2.75) is 12.7 Å². The summed E-state index contributed by atoms with van der Waals surface area (Å²) >= 11 is 0. The van der Waals surface area contributed by atoms with Crippen molar-refractivity contribution < 1.29 is 4.74 Å². The second-order valence-electron chi connectivity index (χ2n) is 4.23. The SMILES string of the molecule is COc1ccc(C2NCc3ncccc3N2)cc1. The Morgan fingerprint density at radius 2 is 2.06 bits per heavy atom. The molecule has 2 aromatic rings. The van der Waals surface area contributed by atoms with Crippen molar-refractivity contribution >= 4 is 5.69 Å². The van der Waals surface area contributed by atoms with E-state index >= 15 is 0 Å². The molecule has 4 nitrogen and oxygen atoms in total. The number of fused-ring (bicyclic) bond motifs is 1. The average molecular weight is 241 g/mol. The number of hydrogen-bond acceptors (Lipinski definition) is 4. The van der Waals surface area contributed by atoms with E-state index in [2.05, 4.69) is 33.8 Å². The molecule has 0 saturated carbocycles. The predicted octanol–water partition coefficient (Wildman–Crippen LogP) is 2.30. The molecule has 1 aliphatic rings. The molecular weight excluding hydrogens is 226 g/mol. The quantitative estimate of drug-likeness (QED) is 0.847. The van der Waals surface area contributed by atoms with Gasteiger partial charge in [-0.2, -0.15) is 0 Å². The number of anilines is 1. The Morgan fingerprint density at radius 3 is 2.83 bits per heavy atom. The molecule has 0 bridgehead atoms. The van der Waals surface area contributed by atoms with Crippen LogP contribution in [0.15, 0.2) is 42.6 Å². The van der Waals surface area contributed by atoms with Crippen LogP contribution in [-0.4, -0.2) is 12.1 Å². The smallest absolute Gasteiger partial charge is 0.118 e. The zero-order valence-electron chi connectivity index (χ0n) is 10.2. The van der Waals surface area contributed by atoms with E-state index < -0.39 is 0 Å². The molecule has 92 valence electrons. The number of benzene rings is 1. The number of rotatable bonds is 2. The van der Waals surface area contributed by atoms with Gasteiger partial charge >= 0.3 is 0 Å². The zero-order valence-corrected chi connectivity index (χ0v) is 10.2. The molecule has 4 heteroatoms. The molecule has 1 atom stereocenters. The van der Waals surface area contributed by atoms with Crippen molar-refractivity contribution in [3.05, 3.63) is 53.9 Å². The van der Waals surface area contributed by atoms with Crippen LogP contribution in [0.1, 0.15) is 17.4 Å². The summed E-state index contributed by atoms with van der Waals surface area (Å²) in [5.41, 5.74) is 3.34. The number of nitrogens with zero attached hydrogens (tertiary/aromatic N) is 1. The van der Waals surface area contributed by atoms with Gasteiger partial charge in [0.25, 0.3) is 0 Å². The fourth-order valence-electron chi connectivity index (χ4n) is 2.11. The molecule has 1 aromatic heterocycles. The molecule has 0 radical (unpaired) electrons. The van der Waals surface area contributed by atoms with Gasteiger partial charge in [0.1, 0.15) is 11.9 Å². The molecule has 0 aliphatic carbocycles. The van der Waals surface area contributed by atoms with Crippen molar-refractivity contribution in [3.8, 4) is 5.75 Å². The second-order valence-corrected chi connectivity index (χ2v) is 4.23. The van der Waals surface area contributed by atoms with E-state index in [1.807, 2.05) is 24.4 Å². The molecule has 0 amide bonds. The lowest BCUT2D eigenvalue weighted by molar-refractivity contribution is 0.414. The highest BCUT2D eigenvalue weighted by Crippen LogP contribution is 2.25. The fourth-order valence-corrected chi connectivity index (χ4v) is 2.11. The standard InChI is InChI=1S/C14H15N3O/c1-18-11-6-4-10(5-7-11)14-16-9-13-12(17-14)3-2-8-15-13/h2-8,14,16-17H,9H2,1H3. The molecule has 0 spiro atoms. The van der Waals surface area contributed by atoms with Gasteiger partial charge in [-0.05, 0) is 29.8 Å². The minimum absolute atomic E-state index is 0.118. The first kappa shape index (κ1) is 11.0. The van der Waals surface area contributed by atoms with Crippen molar-refractivity contribution in [2.75, 3.05) is 12.4 Å². The van der Waals surface area contributed by atoms with Crippen LogP contribution in [0.5, 0.6) is 5.75 Å². The molecule has 2 heterocycles. The van der Waals surface area contributed by atoms with Crippen LogP contribution in [0.25, 0.3) is 0 Å². The number of ether oxygens (including phenoxy) is 1. The number of pyridine rings is 1. The van der Waals surface area contributed by atoms with E-state index in [-0.39, 0.29) is 6.17 Å². The predicted molar refractivity (Wildman–Crippen MR) is 70.4 cm³/mol. The molecular formula is C14H15N3O. The molecule has 0 fully saturated rings. The zero-order chi connectivity index (χ0) is 12.4. The third-order valence-corrected chi connectivity index (χ3v) is 3.11. The van der Waals surface area contributed by atoms with Gasteiger partial charge in [-0.25, -0.2) is 0 Å². The Kier molecular flexibility index (Phi) is 2.86. The summed E-state index contributed by atoms with van der Waals surface area (Å²) in [7, 11) is 1.67. The average Bonchev–Trinajstić information content (AvgIpc) is 2.47. The van der Waals surface area contributed by atoms with Crippen molar-refractivity contribution in [3.63, 3.8) is 0 Å². The third kappa shape index (κ3) is 2.02. The van der Waals surface area contributed by atoms with E-state index in [1.165, 1.54) is 5.56 Å². The minimum Gasteiger partial charge on any atom is -0.497 e. The van der Waals surface area contributed by atoms with E-state index in [9.17, 15) is 0 Å². The summed E-state index contributed by atoms with van der Waals surface area (Å²) < 4.78 is 5.16. The summed E-state index contributed by atoms with van der Waals surface area (Å²) in [4.78, 5) is 4.33. The molecule has 1 aliphatic heterocycles. The van der Waals surface area contributed by atoms with Crippen LogP contribution >= 0.6 is 0 Å². The Morgan fingerprint density at radius 1 is 1.22 bits per heavy atom. The Labute approximate surface area is 106 Å². The van der Waals surface area contributed by atoms with Crippen LogP contribution in [0.2, 0.25) is 0 Å². The normalized spacial score (nSPS) is 17.7. The maximum absolute atomic E-state index is 5.16. The lowest BCUT2D eigenvalue weighted by atomic mass is 10.1. The lowest BCUT2D eigenvalue weighted by Crippen LogP contribution is -2.33. The van der Waals surface area contributed by atoms with E-state index in [1.54, 1.807) is 7.11 Å². The molecule has 18 heavy (non-hydrogen) atoms. The number of hydrogen-bond donors (Lipinski definition) is 2. The monoisotopic (exact) mass is 241 g/mol. The van der Waals surface area contributed by atoms with Crippen molar-refractivity contribution in [1.82, 2.24) is 10.3 Å². The van der Waals surface area contributed by atoms with E-state index in [4.69, 9.17) is 4.74 Å². The highest BCUT2D eigenvalue weighted by Gasteiger charge is 2.18. The van der Waals surface area contributed by atoms with Crippen molar-refractivity contribution in [1.29, 1.82) is 0 Å². The molecule has 3 rings (SSSR count). The van der Waals surface area contributed by atoms with Gasteiger partial charge in [0.2, 0.25) is 0 Å². The Hall–Kier alpha value is -2.07. The van der Waals surface area contributed by atoms with Gasteiger partial charge in [-0.3, -0.25) is 10.3 Å². The molecule has 1 unspecified atom stereocenters. The van der Waals surface area contributed by atoms with Crippen LogP contribution in [0, 0.1) is 0 Å². The maximum atomic E-state index is 5.16. The molecule has 2 N–H and O–H groups in total. The first-order chi connectivity index (χ1) is 8.86. The molecule has 1 aromatic carbocycles. The minimum atomic E-state index is 0.118. The van der Waals surface area contributed by atoms with E-state index in [0.29, 0.717) is 0 Å². The highest BCUT2D eigenvalue weighted by atomic mass is 16.5. The van der Waals surface area contributed by atoms with Crippen LogP contribution in [0.4, 0.5) is 5.69 Å². The van der Waals surface area contributed by atoms with Gasteiger partial charge < -0.3 is 10.1 Å². The maximum Gasteiger partial charge on any atom is 0.118 e.